The lowest BCUT2D eigenvalue weighted by atomic mass is 9.92. The van der Waals surface area contributed by atoms with Gasteiger partial charge in [-0.25, -0.2) is 4.39 Å². The van der Waals surface area contributed by atoms with E-state index < -0.39 is 29.4 Å². The van der Waals surface area contributed by atoms with Crippen LogP contribution in [0.3, 0.4) is 0 Å². The minimum absolute atomic E-state index is 0.0568. The van der Waals surface area contributed by atoms with Crippen LogP contribution in [0.1, 0.15) is 9.67 Å². The Labute approximate surface area is 147 Å². The molecule has 2 heterocycles. The van der Waals surface area contributed by atoms with E-state index in [1.54, 1.807) is 0 Å². The van der Waals surface area contributed by atoms with Gasteiger partial charge in [-0.15, -0.1) is 24.5 Å². The molecule has 1 fully saturated rings. The summed E-state index contributed by atoms with van der Waals surface area (Å²) in [6.07, 6.45) is -4.99. The quantitative estimate of drug-likeness (QED) is 0.780. The number of rotatable bonds is 3. The van der Waals surface area contributed by atoms with Crippen LogP contribution in [-0.2, 0) is 0 Å². The first-order valence-electron chi connectivity index (χ1n) is 6.90. The zero-order valence-corrected chi connectivity index (χ0v) is 13.9. The van der Waals surface area contributed by atoms with E-state index in [0.717, 1.165) is 12.1 Å². The number of thiophene rings is 1. The molecule has 1 aromatic heterocycles. The van der Waals surface area contributed by atoms with Gasteiger partial charge in [-0.1, -0.05) is 11.6 Å². The lowest BCUT2D eigenvalue weighted by molar-refractivity contribution is -0.274. The lowest BCUT2D eigenvalue weighted by Gasteiger charge is -2.46. The largest absolute Gasteiger partial charge is 0.573 e. The first-order chi connectivity index (χ1) is 11.5. The zero-order valence-electron chi connectivity index (χ0n) is 12.4. The summed E-state index contributed by atoms with van der Waals surface area (Å²) < 4.78 is 55.2. The first kappa shape index (κ1) is 18.2. The second kappa shape index (κ2) is 5.97. The van der Waals surface area contributed by atoms with Gasteiger partial charge in [0.1, 0.15) is 16.4 Å². The Morgan fingerprint density at radius 2 is 2.08 bits per heavy atom. The maximum atomic E-state index is 14.0. The number of carbonyl (C=O) groups is 1. The number of aliphatic hydroxyl groups excluding tert-OH is 1. The molecule has 1 amide bonds. The fourth-order valence-corrected chi connectivity index (χ4v) is 4.08. The summed E-state index contributed by atoms with van der Waals surface area (Å²) in [6.45, 7) is -0.211. The molecule has 0 atom stereocenters. The van der Waals surface area contributed by atoms with Gasteiger partial charge in [0.15, 0.2) is 0 Å². The van der Waals surface area contributed by atoms with Crippen LogP contribution < -0.4 is 10.5 Å². The van der Waals surface area contributed by atoms with Crippen molar-refractivity contribution in [3.8, 4) is 5.75 Å². The summed E-state index contributed by atoms with van der Waals surface area (Å²) in [5.74, 6) is -2.10. The van der Waals surface area contributed by atoms with E-state index >= 15 is 0 Å². The Hall–Kier alpha value is -1.62. The van der Waals surface area contributed by atoms with Gasteiger partial charge in [0.05, 0.1) is 27.3 Å². The average molecular weight is 399 g/mol. The highest BCUT2D eigenvalue weighted by Crippen LogP contribution is 2.44. The van der Waals surface area contributed by atoms with Gasteiger partial charge in [-0.3, -0.25) is 4.79 Å². The van der Waals surface area contributed by atoms with E-state index in [1.165, 1.54) is 4.90 Å². The smallest absolute Gasteiger partial charge is 0.405 e. The summed E-state index contributed by atoms with van der Waals surface area (Å²) in [4.78, 5) is 13.6. The second-order valence-electron chi connectivity index (χ2n) is 5.72. The molecule has 136 valence electrons. The molecular formula is C14H11ClF4N2O3S. The van der Waals surface area contributed by atoms with Gasteiger partial charge in [0, 0.05) is 13.1 Å². The van der Waals surface area contributed by atoms with Crippen LogP contribution in [0.4, 0.5) is 17.6 Å². The molecule has 1 aliphatic heterocycles. The third-order valence-electron chi connectivity index (χ3n) is 3.73. The van der Waals surface area contributed by atoms with Crippen molar-refractivity contribution in [1.82, 2.24) is 4.90 Å². The molecule has 1 aromatic carbocycles. The third kappa shape index (κ3) is 3.26. The molecule has 5 nitrogen and oxygen atoms in total. The van der Waals surface area contributed by atoms with E-state index in [9.17, 15) is 22.4 Å². The van der Waals surface area contributed by atoms with Gasteiger partial charge in [-0.2, -0.15) is 0 Å². The number of benzene rings is 1. The Bertz CT molecular complexity index is 849. The van der Waals surface area contributed by atoms with Gasteiger partial charge < -0.3 is 20.5 Å². The fourth-order valence-electron chi connectivity index (χ4n) is 2.56. The molecule has 2 aromatic rings. The number of likely N-dealkylation sites (tertiary alicyclic amines) is 1. The minimum atomic E-state index is -4.99. The van der Waals surface area contributed by atoms with Crippen molar-refractivity contribution >= 4 is 38.9 Å². The monoisotopic (exact) mass is 398 g/mol. The summed E-state index contributed by atoms with van der Waals surface area (Å²) in [6, 6.07) is 1.61. The Kier molecular flexibility index (Phi) is 4.34. The molecule has 0 aliphatic carbocycles. The average Bonchev–Trinajstić information content (AvgIpc) is 2.84. The zero-order chi connectivity index (χ0) is 18.6. The van der Waals surface area contributed by atoms with Crippen LogP contribution in [0.25, 0.3) is 10.1 Å². The van der Waals surface area contributed by atoms with Crippen molar-refractivity contribution in [2.24, 2.45) is 5.73 Å². The topological polar surface area (TPSA) is 75.8 Å². The van der Waals surface area contributed by atoms with Crippen molar-refractivity contribution in [3.05, 3.63) is 27.8 Å². The predicted octanol–water partition coefficient (Wildman–Crippen LogP) is 2.74. The number of fused-ring (bicyclic) bond motifs is 1. The summed E-state index contributed by atoms with van der Waals surface area (Å²) >= 11 is 6.69. The molecule has 0 spiro atoms. The summed E-state index contributed by atoms with van der Waals surface area (Å²) in [7, 11) is 0. The van der Waals surface area contributed by atoms with Crippen LogP contribution in [0.5, 0.6) is 5.75 Å². The Morgan fingerprint density at radius 1 is 1.44 bits per heavy atom. The van der Waals surface area contributed by atoms with Crippen LogP contribution in [0.2, 0.25) is 5.02 Å². The van der Waals surface area contributed by atoms with E-state index in [-0.39, 0.29) is 39.7 Å². The van der Waals surface area contributed by atoms with Gasteiger partial charge in [-0.05, 0) is 12.1 Å². The standard InChI is InChI=1S/C14H11ClF4N2O3S/c15-9-8-7(24-14(17,18)19)2-1-6(16)10(8)25-11(9)12(23)21-3-13(20,4-21)5-22/h1-2,22H,3-5,20H2. The number of amides is 1. The Balaban J connectivity index is 2.01. The number of nitrogens with two attached hydrogens (primary N) is 1. The fraction of sp³-hybridized carbons (Fsp3) is 0.357. The summed E-state index contributed by atoms with van der Waals surface area (Å²) in [5, 5.41) is 8.48. The van der Waals surface area contributed by atoms with Gasteiger partial charge in [0.25, 0.3) is 5.91 Å². The predicted molar refractivity (Wildman–Crippen MR) is 83.4 cm³/mol. The Morgan fingerprint density at radius 3 is 2.64 bits per heavy atom. The number of ether oxygens (including phenoxy) is 1. The highest BCUT2D eigenvalue weighted by molar-refractivity contribution is 7.21. The first-order valence-corrected chi connectivity index (χ1v) is 8.09. The SMILES string of the molecule is NC1(CO)CN(C(=O)c2sc3c(F)ccc(OC(F)(F)F)c3c2Cl)C1. The number of nitrogens with zero attached hydrogens (tertiary/aromatic N) is 1. The molecule has 11 heteroatoms. The van der Waals surface area contributed by atoms with Crippen molar-refractivity contribution in [2.75, 3.05) is 19.7 Å². The van der Waals surface area contributed by atoms with Crippen LogP contribution >= 0.6 is 22.9 Å². The van der Waals surface area contributed by atoms with Crippen molar-refractivity contribution in [2.45, 2.75) is 11.9 Å². The number of carbonyl (C=O) groups excluding carboxylic acids is 1. The third-order valence-corrected chi connectivity index (χ3v) is 5.40. The lowest BCUT2D eigenvalue weighted by Crippen LogP contribution is -2.70. The molecule has 3 N–H and O–H groups in total. The van der Waals surface area contributed by atoms with Gasteiger partial charge in [0.2, 0.25) is 0 Å². The molecule has 0 bridgehead atoms. The number of alkyl halides is 3. The number of aliphatic hydroxyl groups is 1. The number of hydrogen-bond donors (Lipinski definition) is 2. The minimum Gasteiger partial charge on any atom is -0.405 e. The van der Waals surface area contributed by atoms with E-state index in [1.807, 2.05) is 0 Å². The van der Waals surface area contributed by atoms with Gasteiger partial charge >= 0.3 is 6.36 Å². The highest BCUT2D eigenvalue weighted by Gasteiger charge is 2.43. The molecule has 0 saturated carbocycles. The van der Waals surface area contributed by atoms with E-state index in [0.29, 0.717) is 11.3 Å². The normalized spacial score (nSPS) is 16.8. The molecule has 1 aliphatic rings. The molecular weight excluding hydrogens is 388 g/mol. The maximum absolute atomic E-state index is 14.0. The maximum Gasteiger partial charge on any atom is 0.573 e. The van der Waals surface area contributed by atoms with Crippen LogP contribution in [-0.4, -0.2) is 47.5 Å². The van der Waals surface area contributed by atoms with Crippen molar-refractivity contribution in [1.29, 1.82) is 0 Å². The van der Waals surface area contributed by atoms with Crippen LogP contribution in [0, 0.1) is 5.82 Å². The second-order valence-corrected chi connectivity index (χ2v) is 7.12. The van der Waals surface area contributed by atoms with E-state index in [2.05, 4.69) is 4.74 Å². The molecule has 3 rings (SSSR count). The molecule has 25 heavy (non-hydrogen) atoms. The number of halogens is 5. The van der Waals surface area contributed by atoms with Crippen molar-refractivity contribution < 1.29 is 32.2 Å². The highest BCUT2D eigenvalue weighted by atomic mass is 35.5. The molecule has 1 saturated heterocycles. The molecule has 0 unspecified atom stereocenters. The number of hydrogen-bond acceptors (Lipinski definition) is 5. The molecule has 0 radical (unpaired) electrons. The van der Waals surface area contributed by atoms with Crippen molar-refractivity contribution in [3.63, 3.8) is 0 Å². The van der Waals surface area contributed by atoms with E-state index in [4.69, 9.17) is 22.4 Å². The van der Waals surface area contributed by atoms with Crippen LogP contribution in [0.15, 0.2) is 12.1 Å². The summed E-state index contributed by atoms with van der Waals surface area (Å²) in [5.41, 5.74) is 4.84.